The summed E-state index contributed by atoms with van der Waals surface area (Å²) in [5.74, 6) is 1.27. The summed E-state index contributed by atoms with van der Waals surface area (Å²) in [6.45, 7) is 3.27. The van der Waals surface area contributed by atoms with Crippen LogP contribution in [0.4, 0.5) is 10.8 Å². The smallest absolute Gasteiger partial charge is 0.209 e. The maximum Gasteiger partial charge on any atom is 0.209 e. The van der Waals surface area contributed by atoms with Gasteiger partial charge in [0.05, 0.1) is 25.3 Å². The number of anilines is 2. The van der Waals surface area contributed by atoms with Gasteiger partial charge in [-0.25, -0.2) is 13.1 Å². The number of rotatable bonds is 7. The Balaban J connectivity index is 1.69. The zero-order valence-electron chi connectivity index (χ0n) is 14.7. The lowest BCUT2D eigenvalue weighted by Gasteiger charge is -2.25. The van der Waals surface area contributed by atoms with Crippen LogP contribution in [0.3, 0.4) is 0 Å². The Morgan fingerprint density at radius 1 is 1.42 bits per heavy atom. The molecule has 0 amide bonds. The molecule has 1 saturated heterocycles. The van der Waals surface area contributed by atoms with Gasteiger partial charge in [-0.3, -0.25) is 4.90 Å². The molecule has 3 rings (SSSR count). The third-order valence-electron chi connectivity index (χ3n) is 4.39. The SMILES string of the molecule is CCN(Cn1nc(Nc2ccc(OC)cc2)sc1=S)[C@H]1CCS(=O)(=O)C1. The van der Waals surface area contributed by atoms with E-state index in [1.54, 1.807) is 11.8 Å². The van der Waals surface area contributed by atoms with Crippen LogP contribution in [0.5, 0.6) is 5.75 Å². The number of hydrogen-bond donors (Lipinski definition) is 1. The monoisotopic (exact) mass is 414 g/mol. The van der Waals surface area contributed by atoms with Gasteiger partial charge < -0.3 is 10.1 Å². The molecule has 0 spiro atoms. The minimum Gasteiger partial charge on any atom is -0.497 e. The van der Waals surface area contributed by atoms with Crippen LogP contribution in [0.25, 0.3) is 0 Å². The van der Waals surface area contributed by atoms with Crippen molar-refractivity contribution in [1.29, 1.82) is 0 Å². The Bertz CT molecular complexity index is 906. The van der Waals surface area contributed by atoms with Gasteiger partial charge in [0, 0.05) is 11.7 Å². The van der Waals surface area contributed by atoms with Gasteiger partial charge in [0.1, 0.15) is 5.75 Å². The summed E-state index contributed by atoms with van der Waals surface area (Å²) in [5, 5.41) is 8.48. The van der Waals surface area contributed by atoms with Gasteiger partial charge in [-0.1, -0.05) is 18.3 Å². The molecule has 2 heterocycles. The van der Waals surface area contributed by atoms with Gasteiger partial charge in [0.15, 0.2) is 13.8 Å². The highest BCUT2D eigenvalue weighted by atomic mass is 32.2. The number of nitrogens with zero attached hydrogens (tertiary/aromatic N) is 3. The second-order valence-corrected chi connectivity index (χ2v) is 9.98. The highest BCUT2D eigenvalue weighted by Crippen LogP contribution is 2.24. The molecule has 0 radical (unpaired) electrons. The Labute approximate surface area is 162 Å². The van der Waals surface area contributed by atoms with Crippen molar-refractivity contribution in [3.63, 3.8) is 0 Å². The van der Waals surface area contributed by atoms with Gasteiger partial charge in [0.2, 0.25) is 5.13 Å². The minimum absolute atomic E-state index is 0.0339. The molecule has 1 aromatic heterocycles. The van der Waals surface area contributed by atoms with E-state index in [1.807, 2.05) is 31.2 Å². The third-order valence-corrected chi connectivity index (χ3v) is 7.37. The fourth-order valence-electron chi connectivity index (χ4n) is 2.95. The lowest BCUT2D eigenvalue weighted by molar-refractivity contribution is 0.165. The Hall–Kier alpha value is -1.49. The lowest BCUT2D eigenvalue weighted by Crippen LogP contribution is -2.37. The number of benzene rings is 1. The number of hydrogen-bond acceptors (Lipinski definition) is 8. The van der Waals surface area contributed by atoms with Crippen LogP contribution in [0.1, 0.15) is 13.3 Å². The van der Waals surface area contributed by atoms with Crippen LogP contribution >= 0.6 is 23.6 Å². The van der Waals surface area contributed by atoms with Crippen LogP contribution in [0, 0.1) is 3.95 Å². The molecule has 26 heavy (non-hydrogen) atoms. The van der Waals surface area contributed by atoms with Gasteiger partial charge in [0.25, 0.3) is 0 Å². The summed E-state index contributed by atoms with van der Waals surface area (Å²) in [6, 6.07) is 7.60. The first-order valence-electron chi connectivity index (χ1n) is 8.33. The maximum absolute atomic E-state index is 11.7. The molecule has 1 aromatic carbocycles. The molecule has 0 unspecified atom stereocenters. The summed E-state index contributed by atoms with van der Waals surface area (Å²) in [4.78, 5) is 2.12. The van der Waals surface area contributed by atoms with Gasteiger partial charge in [-0.05, 0) is 49.4 Å². The molecule has 1 aliphatic rings. The highest BCUT2D eigenvalue weighted by Gasteiger charge is 2.31. The summed E-state index contributed by atoms with van der Waals surface area (Å²) >= 11 is 6.82. The van der Waals surface area contributed by atoms with Crippen molar-refractivity contribution >= 4 is 44.2 Å². The topological polar surface area (TPSA) is 76.5 Å². The summed E-state index contributed by atoms with van der Waals surface area (Å²) in [6.07, 6.45) is 0.671. The van der Waals surface area contributed by atoms with E-state index < -0.39 is 9.84 Å². The zero-order chi connectivity index (χ0) is 18.7. The molecular formula is C16H22N4O3S3. The van der Waals surface area contributed by atoms with E-state index in [-0.39, 0.29) is 17.5 Å². The Kier molecular flexibility index (Phi) is 5.96. The van der Waals surface area contributed by atoms with Gasteiger partial charge in [-0.2, -0.15) is 0 Å². The highest BCUT2D eigenvalue weighted by molar-refractivity contribution is 7.91. The molecule has 1 aliphatic heterocycles. The molecule has 0 aliphatic carbocycles. The van der Waals surface area contributed by atoms with Crippen molar-refractivity contribution < 1.29 is 13.2 Å². The molecule has 10 heteroatoms. The van der Waals surface area contributed by atoms with E-state index in [9.17, 15) is 8.42 Å². The Morgan fingerprint density at radius 2 is 2.15 bits per heavy atom. The van der Waals surface area contributed by atoms with Crippen LogP contribution in [-0.4, -0.2) is 54.3 Å². The van der Waals surface area contributed by atoms with E-state index in [2.05, 4.69) is 15.3 Å². The number of sulfone groups is 1. The normalized spacial score (nSPS) is 19.0. The molecule has 1 N–H and O–H groups in total. The molecule has 2 aromatic rings. The van der Waals surface area contributed by atoms with E-state index in [1.165, 1.54) is 11.3 Å². The first-order valence-corrected chi connectivity index (χ1v) is 11.4. The second kappa shape index (κ2) is 8.03. The van der Waals surface area contributed by atoms with Crippen molar-refractivity contribution in [3.8, 4) is 5.75 Å². The largest absolute Gasteiger partial charge is 0.497 e. The average molecular weight is 415 g/mol. The predicted molar refractivity (Wildman–Crippen MR) is 107 cm³/mol. The van der Waals surface area contributed by atoms with Crippen molar-refractivity contribution in [1.82, 2.24) is 14.7 Å². The van der Waals surface area contributed by atoms with Crippen molar-refractivity contribution in [3.05, 3.63) is 28.2 Å². The quantitative estimate of drug-likeness (QED) is 0.698. The van der Waals surface area contributed by atoms with E-state index >= 15 is 0 Å². The molecule has 0 bridgehead atoms. The number of ether oxygens (including phenoxy) is 1. The van der Waals surface area contributed by atoms with Crippen LogP contribution in [0.2, 0.25) is 0 Å². The first-order chi connectivity index (χ1) is 12.4. The predicted octanol–water partition coefficient (Wildman–Crippen LogP) is 2.89. The van der Waals surface area contributed by atoms with E-state index in [0.29, 0.717) is 22.2 Å². The van der Waals surface area contributed by atoms with E-state index in [0.717, 1.165) is 18.0 Å². The summed E-state index contributed by atoms with van der Waals surface area (Å²) in [5.41, 5.74) is 0.899. The lowest BCUT2D eigenvalue weighted by atomic mass is 10.2. The van der Waals surface area contributed by atoms with Gasteiger partial charge in [-0.15, -0.1) is 5.10 Å². The number of methoxy groups -OCH3 is 1. The molecule has 7 nitrogen and oxygen atoms in total. The fraction of sp³-hybridized carbons (Fsp3) is 0.500. The van der Waals surface area contributed by atoms with Crippen LogP contribution in [0.15, 0.2) is 24.3 Å². The van der Waals surface area contributed by atoms with Crippen molar-refractivity contribution in [2.45, 2.75) is 26.1 Å². The third kappa shape index (κ3) is 4.61. The second-order valence-electron chi connectivity index (χ2n) is 6.13. The maximum atomic E-state index is 11.7. The molecule has 1 atom stereocenters. The minimum atomic E-state index is -2.91. The molecular weight excluding hydrogens is 392 g/mol. The number of aromatic nitrogens is 2. The fourth-order valence-corrected chi connectivity index (χ4v) is 5.73. The number of nitrogens with one attached hydrogen (secondary N) is 1. The molecule has 0 saturated carbocycles. The molecule has 142 valence electrons. The van der Waals surface area contributed by atoms with Gasteiger partial charge >= 0.3 is 0 Å². The Morgan fingerprint density at radius 3 is 2.73 bits per heavy atom. The average Bonchev–Trinajstić information content (AvgIpc) is 3.15. The van der Waals surface area contributed by atoms with E-state index in [4.69, 9.17) is 17.0 Å². The first kappa shape index (κ1) is 19.3. The van der Waals surface area contributed by atoms with Crippen LogP contribution < -0.4 is 10.1 Å². The summed E-state index contributed by atoms with van der Waals surface area (Å²) < 4.78 is 31.0. The zero-order valence-corrected chi connectivity index (χ0v) is 17.2. The molecule has 1 fully saturated rings. The van der Waals surface area contributed by atoms with Crippen molar-refractivity contribution in [2.24, 2.45) is 0 Å². The standard InChI is InChI=1S/C16H22N4O3S3/c1-3-19(13-8-9-26(21,22)10-13)11-20-16(24)25-15(18-20)17-12-4-6-14(23-2)7-5-12/h4-7,13H,3,8-11H2,1-2H3,(H,17,18)/t13-/m0/s1. The van der Waals surface area contributed by atoms with Crippen molar-refractivity contribution in [2.75, 3.05) is 30.5 Å². The van der Waals surface area contributed by atoms with Crippen LogP contribution in [-0.2, 0) is 16.5 Å². The summed E-state index contributed by atoms with van der Waals surface area (Å²) in [7, 11) is -1.28.